The number of hydrogen-bond donors (Lipinski definition) is 2. The van der Waals surface area contributed by atoms with Gasteiger partial charge in [-0.3, -0.25) is 4.79 Å². The van der Waals surface area contributed by atoms with Crippen LogP contribution in [0, 0.1) is 0 Å². The van der Waals surface area contributed by atoms with Crippen molar-refractivity contribution < 1.29 is 29.3 Å². The highest BCUT2D eigenvalue weighted by Crippen LogP contribution is 2.42. The molecule has 0 amide bonds. The zero-order valence-corrected chi connectivity index (χ0v) is 20.8. The summed E-state index contributed by atoms with van der Waals surface area (Å²) in [5.74, 6) is -1.52. The molecule has 0 saturated heterocycles. The van der Waals surface area contributed by atoms with E-state index in [4.69, 9.17) is 21.1 Å². The van der Waals surface area contributed by atoms with E-state index in [0.29, 0.717) is 16.1 Å². The van der Waals surface area contributed by atoms with Crippen molar-refractivity contribution in [2.45, 2.75) is 66.1 Å². The molecule has 178 valence electrons. The minimum Gasteiger partial charge on any atom is -0.507 e. The van der Waals surface area contributed by atoms with Gasteiger partial charge < -0.3 is 19.7 Å². The van der Waals surface area contributed by atoms with Crippen LogP contribution in [0.3, 0.4) is 0 Å². The van der Waals surface area contributed by atoms with Gasteiger partial charge >= 0.3 is 5.97 Å². The molecule has 0 radical (unpaired) electrons. The Kier molecular flexibility index (Phi) is 8.20. The molecule has 33 heavy (non-hydrogen) atoms. The first kappa shape index (κ1) is 26.3. The number of phenols is 2. The number of ether oxygens (including phenoxy) is 2. The lowest BCUT2D eigenvalue weighted by Gasteiger charge is -2.25. The largest absolute Gasteiger partial charge is 0.507 e. The maximum absolute atomic E-state index is 12.9. The van der Waals surface area contributed by atoms with E-state index in [2.05, 4.69) is 0 Å². The van der Waals surface area contributed by atoms with Gasteiger partial charge in [-0.15, -0.1) is 0 Å². The third-order valence-electron chi connectivity index (χ3n) is 4.63. The van der Waals surface area contributed by atoms with Crippen LogP contribution >= 0.6 is 11.6 Å². The number of esters is 1. The number of carbonyl (C=O) groups excluding carboxylic acids is 2. The van der Waals surface area contributed by atoms with Crippen molar-refractivity contribution in [3.8, 4) is 17.2 Å². The number of halogens is 1. The molecule has 0 aromatic heterocycles. The van der Waals surface area contributed by atoms with Crippen LogP contribution in [0.4, 0.5) is 0 Å². The van der Waals surface area contributed by atoms with Gasteiger partial charge in [-0.05, 0) is 69.5 Å². The number of aromatic hydroxyl groups is 2. The molecule has 2 aromatic carbocycles. The van der Waals surface area contributed by atoms with E-state index in [9.17, 15) is 19.8 Å². The lowest BCUT2D eigenvalue weighted by molar-refractivity contribution is 0.0368. The van der Waals surface area contributed by atoms with E-state index in [1.54, 1.807) is 33.8 Å². The van der Waals surface area contributed by atoms with E-state index in [0.717, 1.165) is 0 Å². The summed E-state index contributed by atoms with van der Waals surface area (Å²) in [6.45, 7) is 12.7. The molecule has 0 bridgehead atoms. The van der Waals surface area contributed by atoms with Crippen molar-refractivity contribution in [3.63, 3.8) is 0 Å². The van der Waals surface area contributed by atoms with Crippen LogP contribution in [0.15, 0.2) is 30.3 Å². The fraction of sp³-hybridized carbons (Fsp3) is 0.385. The molecular formula is C26H31ClO6. The monoisotopic (exact) mass is 474 g/mol. The topological polar surface area (TPSA) is 93.1 Å². The van der Waals surface area contributed by atoms with Gasteiger partial charge in [0, 0.05) is 16.1 Å². The summed E-state index contributed by atoms with van der Waals surface area (Å²) in [7, 11) is 0. The molecule has 0 unspecified atom stereocenters. The Morgan fingerprint density at radius 1 is 1.03 bits per heavy atom. The number of benzene rings is 2. The highest BCUT2D eigenvalue weighted by Gasteiger charge is 2.30. The van der Waals surface area contributed by atoms with E-state index in [-0.39, 0.29) is 34.5 Å². The van der Waals surface area contributed by atoms with Crippen molar-refractivity contribution in [2.24, 2.45) is 0 Å². The Morgan fingerprint density at radius 2 is 1.67 bits per heavy atom. The first-order valence-corrected chi connectivity index (χ1v) is 11.1. The lowest BCUT2D eigenvalue weighted by Crippen LogP contribution is -2.19. The van der Waals surface area contributed by atoms with Crippen molar-refractivity contribution in [1.82, 2.24) is 0 Å². The Balaban J connectivity index is 2.71. The summed E-state index contributed by atoms with van der Waals surface area (Å²) >= 11 is 5.85. The molecule has 6 nitrogen and oxygen atoms in total. The van der Waals surface area contributed by atoms with Gasteiger partial charge in [0.15, 0.2) is 5.78 Å². The second-order valence-electron chi connectivity index (χ2n) is 9.30. The lowest BCUT2D eigenvalue weighted by atomic mass is 9.83. The van der Waals surface area contributed by atoms with Crippen molar-refractivity contribution in [1.29, 1.82) is 0 Å². The number of carbonyl (C=O) groups is 2. The smallest absolute Gasteiger partial charge is 0.346 e. The molecule has 7 heteroatoms. The fourth-order valence-electron chi connectivity index (χ4n) is 3.16. The Labute approximate surface area is 199 Å². The quantitative estimate of drug-likeness (QED) is 0.278. The van der Waals surface area contributed by atoms with Gasteiger partial charge in [-0.25, -0.2) is 4.79 Å². The Hall–Kier alpha value is -2.99. The van der Waals surface area contributed by atoms with Gasteiger partial charge in [0.2, 0.25) is 0 Å². The second-order valence-corrected chi connectivity index (χ2v) is 9.73. The van der Waals surface area contributed by atoms with Crippen LogP contribution in [0.2, 0.25) is 5.02 Å². The highest BCUT2D eigenvalue weighted by atomic mass is 35.5. The molecule has 0 aliphatic heterocycles. The first-order valence-electron chi connectivity index (χ1n) is 10.7. The molecule has 0 fully saturated rings. The van der Waals surface area contributed by atoms with Crippen LogP contribution in [0.5, 0.6) is 17.2 Å². The maximum atomic E-state index is 12.9. The molecule has 0 atom stereocenters. The number of phenolic OH excluding ortho intramolecular Hbond substituents is 2. The van der Waals surface area contributed by atoms with E-state index >= 15 is 0 Å². The van der Waals surface area contributed by atoms with Gasteiger partial charge in [-0.2, -0.15) is 0 Å². The van der Waals surface area contributed by atoms with Gasteiger partial charge in [0.05, 0.1) is 17.8 Å². The molecule has 2 N–H and O–H groups in total. The molecule has 0 aliphatic rings. The SMILES string of the molecule is CC(C)OC(=O)c1c(O)c(C(C)(C)C)cc(C=CC(=O)c2ccc(Cl)cc2O)c1OC(C)C. The highest BCUT2D eigenvalue weighted by molar-refractivity contribution is 6.31. The Morgan fingerprint density at radius 3 is 2.18 bits per heavy atom. The third-order valence-corrected chi connectivity index (χ3v) is 4.86. The standard InChI is InChI=1S/C26H31ClO6/c1-14(2)32-24-16(8-11-20(28)18-10-9-17(27)13-21(18)29)12-19(26(5,6)7)23(30)22(24)25(31)33-15(3)4/h8-15,29-30H,1-7H3. The first-order chi connectivity index (χ1) is 15.2. The number of ketones is 1. The van der Waals surface area contributed by atoms with Crippen molar-refractivity contribution in [2.75, 3.05) is 0 Å². The summed E-state index contributed by atoms with van der Waals surface area (Å²) in [5.41, 5.74) is 0.385. The second kappa shape index (κ2) is 10.3. The molecule has 0 spiro atoms. The predicted molar refractivity (Wildman–Crippen MR) is 130 cm³/mol. The molecule has 2 aromatic rings. The van der Waals surface area contributed by atoms with Gasteiger partial charge in [-0.1, -0.05) is 32.4 Å². The van der Waals surface area contributed by atoms with Crippen LogP contribution < -0.4 is 4.74 Å². The molecule has 0 saturated carbocycles. The van der Waals surface area contributed by atoms with E-state index in [1.165, 1.54) is 30.4 Å². The summed E-state index contributed by atoms with van der Waals surface area (Å²) in [6, 6.07) is 5.91. The number of hydrogen-bond acceptors (Lipinski definition) is 6. The van der Waals surface area contributed by atoms with Gasteiger partial charge in [0.25, 0.3) is 0 Å². The molecule has 0 aliphatic carbocycles. The summed E-state index contributed by atoms with van der Waals surface area (Å²) in [5, 5.41) is 21.4. The van der Waals surface area contributed by atoms with Crippen LogP contribution in [-0.2, 0) is 10.2 Å². The fourth-order valence-corrected chi connectivity index (χ4v) is 3.33. The molecular weight excluding hydrogens is 444 g/mol. The summed E-state index contributed by atoms with van der Waals surface area (Å²) in [6.07, 6.45) is 2.04. The van der Waals surface area contributed by atoms with Crippen molar-refractivity contribution >= 4 is 29.4 Å². The van der Waals surface area contributed by atoms with E-state index in [1.807, 2.05) is 20.8 Å². The number of rotatable bonds is 7. The van der Waals surface area contributed by atoms with Gasteiger partial charge in [0.1, 0.15) is 22.8 Å². The number of allylic oxidation sites excluding steroid dienone is 1. The maximum Gasteiger partial charge on any atom is 0.346 e. The summed E-state index contributed by atoms with van der Waals surface area (Å²) in [4.78, 5) is 25.7. The minimum atomic E-state index is -0.722. The van der Waals surface area contributed by atoms with Crippen LogP contribution in [-0.4, -0.2) is 34.2 Å². The average Bonchev–Trinajstić information content (AvgIpc) is 2.65. The average molecular weight is 475 g/mol. The summed E-state index contributed by atoms with van der Waals surface area (Å²) < 4.78 is 11.3. The molecule has 0 heterocycles. The zero-order valence-electron chi connectivity index (χ0n) is 20.0. The van der Waals surface area contributed by atoms with Crippen LogP contribution in [0.1, 0.15) is 80.3 Å². The zero-order chi connectivity index (χ0) is 25.1. The third kappa shape index (κ3) is 6.51. The Bertz CT molecular complexity index is 1080. The normalized spacial score (nSPS) is 11.9. The van der Waals surface area contributed by atoms with E-state index < -0.39 is 23.3 Å². The van der Waals surface area contributed by atoms with Crippen molar-refractivity contribution in [3.05, 3.63) is 57.6 Å². The molecule has 2 rings (SSSR count). The predicted octanol–water partition coefficient (Wildman–Crippen LogP) is 6.30. The van der Waals surface area contributed by atoms with Crippen LogP contribution in [0.25, 0.3) is 6.08 Å². The minimum absolute atomic E-state index is 0.0799.